The van der Waals surface area contributed by atoms with E-state index in [9.17, 15) is 22.8 Å². The van der Waals surface area contributed by atoms with Gasteiger partial charge in [0.1, 0.15) is 5.69 Å². The van der Waals surface area contributed by atoms with Crippen molar-refractivity contribution in [3.8, 4) is 0 Å². The molecule has 2 amide bonds. The Morgan fingerprint density at radius 1 is 1.31 bits per heavy atom. The Balaban J connectivity index is 2.13. The molecule has 0 unspecified atom stereocenters. The fourth-order valence-corrected chi connectivity index (χ4v) is 2.73. The Hall–Kier alpha value is -2.46. The van der Waals surface area contributed by atoms with Gasteiger partial charge in [-0.05, 0) is 12.1 Å². The largest absolute Gasteiger partial charge is 0.417 e. The first-order valence-electron chi connectivity index (χ1n) is 7.41. The van der Waals surface area contributed by atoms with E-state index < -0.39 is 23.2 Å². The summed E-state index contributed by atoms with van der Waals surface area (Å²) in [4.78, 5) is 29.7. The monoisotopic (exact) mass is 387 g/mol. The van der Waals surface area contributed by atoms with Gasteiger partial charge in [0.05, 0.1) is 17.7 Å². The third-order valence-electron chi connectivity index (χ3n) is 3.40. The summed E-state index contributed by atoms with van der Waals surface area (Å²) >= 11 is 0.952. The molecule has 1 aromatic heterocycles. The molecule has 26 heavy (non-hydrogen) atoms. The molecular formula is C16H16F3N3O3S. The Bertz CT molecular complexity index is 792. The highest BCUT2D eigenvalue weighted by Crippen LogP contribution is 2.32. The average Bonchev–Trinajstić information content (AvgIpc) is 3.06. The number of ether oxygens (including phenoxy) is 1. The molecular weight excluding hydrogens is 371 g/mol. The Morgan fingerprint density at radius 2 is 2.00 bits per heavy atom. The number of nitrogens with zero attached hydrogens (tertiary/aromatic N) is 2. The van der Waals surface area contributed by atoms with Crippen molar-refractivity contribution in [2.75, 3.05) is 32.6 Å². The fraction of sp³-hybridized carbons (Fsp3) is 0.312. The van der Waals surface area contributed by atoms with E-state index in [2.05, 4.69) is 10.3 Å². The van der Waals surface area contributed by atoms with Crippen LogP contribution < -0.4 is 5.32 Å². The second-order valence-corrected chi connectivity index (χ2v) is 6.11. The number of halogens is 3. The van der Waals surface area contributed by atoms with Crippen LogP contribution in [0, 0.1) is 0 Å². The summed E-state index contributed by atoms with van der Waals surface area (Å²) in [5.41, 5.74) is -1.46. The third-order valence-corrected chi connectivity index (χ3v) is 4.16. The summed E-state index contributed by atoms with van der Waals surface area (Å²) in [7, 11) is 3.08. The van der Waals surface area contributed by atoms with Crippen LogP contribution in [0.25, 0.3) is 0 Å². The number of carbonyl (C=O) groups is 2. The van der Waals surface area contributed by atoms with Gasteiger partial charge >= 0.3 is 6.18 Å². The SMILES string of the molecule is COCCN(C)C(=O)c1csc(NC(=O)c2ccccc2C(F)(F)F)n1. The van der Waals surface area contributed by atoms with Crippen molar-refractivity contribution >= 4 is 28.3 Å². The summed E-state index contributed by atoms with van der Waals surface area (Å²) in [6.07, 6.45) is -4.65. The van der Waals surface area contributed by atoms with Gasteiger partial charge in [0.15, 0.2) is 5.13 Å². The van der Waals surface area contributed by atoms with Crippen molar-refractivity contribution in [3.05, 3.63) is 46.5 Å². The Kier molecular flexibility index (Phi) is 6.32. The number of hydrogen-bond donors (Lipinski definition) is 1. The van der Waals surface area contributed by atoms with Crippen LogP contribution in [-0.2, 0) is 10.9 Å². The summed E-state index contributed by atoms with van der Waals surface area (Å²) in [6.45, 7) is 0.706. The lowest BCUT2D eigenvalue weighted by atomic mass is 10.1. The number of hydrogen-bond acceptors (Lipinski definition) is 5. The third kappa shape index (κ3) is 4.79. The summed E-state index contributed by atoms with van der Waals surface area (Å²) < 4.78 is 43.9. The van der Waals surface area contributed by atoms with Crippen LogP contribution in [0.1, 0.15) is 26.4 Å². The minimum Gasteiger partial charge on any atom is -0.383 e. The maximum Gasteiger partial charge on any atom is 0.417 e. The number of likely N-dealkylation sites (N-methyl/N-ethyl adjacent to an activating group) is 1. The van der Waals surface area contributed by atoms with E-state index in [1.165, 1.54) is 29.5 Å². The molecule has 0 radical (unpaired) electrons. The van der Waals surface area contributed by atoms with E-state index in [4.69, 9.17) is 4.74 Å². The molecule has 140 valence electrons. The number of benzene rings is 1. The number of amides is 2. The van der Waals surface area contributed by atoms with E-state index in [1.54, 1.807) is 7.05 Å². The van der Waals surface area contributed by atoms with Crippen molar-refractivity contribution in [3.63, 3.8) is 0 Å². The molecule has 0 aliphatic heterocycles. The van der Waals surface area contributed by atoms with Gasteiger partial charge in [0.25, 0.3) is 11.8 Å². The van der Waals surface area contributed by atoms with E-state index in [-0.39, 0.29) is 16.7 Å². The normalized spacial score (nSPS) is 11.3. The van der Waals surface area contributed by atoms with Gasteiger partial charge in [-0.3, -0.25) is 14.9 Å². The average molecular weight is 387 g/mol. The van der Waals surface area contributed by atoms with Crippen molar-refractivity contribution in [2.24, 2.45) is 0 Å². The fourth-order valence-electron chi connectivity index (χ4n) is 2.05. The molecule has 0 spiro atoms. The first kappa shape index (κ1) is 19.9. The van der Waals surface area contributed by atoms with Crippen LogP contribution in [0.2, 0.25) is 0 Å². The Morgan fingerprint density at radius 3 is 2.65 bits per heavy atom. The van der Waals surface area contributed by atoms with Gasteiger partial charge in [-0.2, -0.15) is 13.2 Å². The molecule has 0 saturated heterocycles. The van der Waals surface area contributed by atoms with Crippen LogP contribution in [-0.4, -0.2) is 49.0 Å². The molecule has 1 N–H and O–H groups in total. The maximum absolute atomic E-state index is 13.0. The van der Waals surface area contributed by atoms with E-state index in [0.29, 0.717) is 13.2 Å². The van der Waals surface area contributed by atoms with Gasteiger partial charge in [-0.15, -0.1) is 11.3 Å². The topological polar surface area (TPSA) is 71.5 Å². The summed E-state index contributed by atoms with van der Waals surface area (Å²) in [5, 5.41) is 3.77. The van der Waals surface area contributed by atoms with Crippen molar-refractivity contribution < 1.29 is 27.5 Å². The highest BCUT2D eigenvalue weighted by molar-refractivity contribution is 7.14. The molecule has 2 aromatic rings. The number of carbonyl (C=O) groups excluding carboxylic acids is 2. The molecule has 0 bridgehead atoms. The van der Waals surface area contributed by atoms with Crippen molar-refractivity contribution in [1.82, 2.24) is 9.88 Å². The summed E-state index contributed by atoms with van der Waals surface area (Å²) in [6, 6.07) is 4.45. The number of methoxy groups -OCH3 is 1. The first-order valence-corrected chi connectivity index (χ1v) is 8.29. The van der Waals surface area contributed by atoms with Crippen LogP contribution in [0.3, 0.4) is 0 Å². The molecule has 1 aromatic carbocycles. The van der Waals surface area contributed by atoms with E-state index in [1.807, 2.05) is 0 Å². The zero-order chi connectivity index (χ0) is 19.3. The highest BCUT2D eigenvalue weighted by Gasteiger charge is 2.35. The zero-order valence-corrected chi connectivity index (χ0v) is 14.8. The number of aromatic nitrogens is 1. The zero-order valence-electron chi connectivity index (χ0n) is 14.0. The number of alkyl halides is 3. The molecule has 2 rings (SSSR count). The minimum atomic E-state index is -4.65. The second kappa shape index (κ2) is 8.28. The smallest absolute Gasteiger partial charge is 0.383 e. The minimum absolute atomic E-state index is 0.0375. The molecule has 0 aliphatic carbocycles. The second-order valence-electron chi connectivity index (χ2n) is 5.25. The predicted molar refractivity (Wildman–Crippen MR) is 90.3 cm³/mol. The van der Waals surface area contributed by atoms with Crippen molar-refractivity contribution in [2.45, 2.75) is 6.18 Å². The van der Waals surface area contributed by atoms with Gasteiger partial charge in [-0.25, -0.2) is 4.98 Å². The van der Waals surface area contributed by atoms with Crippen LogP contribution in [0.15, 0.2) is 29.6 Å². The van der Waals surface area contributed by atoms with Crippen LogP contribution in [0.4, 0.5) is 18.3 Å². The van der Waals surface area contributed by atoms with Crippen LogP contribution in [0.5, 0.6) is 0 Å². The lowest BCUT2D eigenvalue weighted by Crippen LogP contribution is -2.30. The predicted octanol–water partition coefficient (Wildman–Crippen LogP) is 3.13. The first-order chi connectivity index (χ1) is 12.2. The molecule has 10 heteroatoms. The van der Waals surface area contributed by atoms with Crippen LogP contribution >= 0.6 is 11.3 Å². The molecule has 6 nitrogen and oxygen atoms in total. The molecule has 0 fully saturated rings. The van der Waals surface area contributed by atoms with Gasteiger partial charge in [0.2, 0.25) is 0 Å². The van der Waals surface area contributed by atoms with Gasteiger partial charge in [0, 0.05) is 26.1 Å². The quantitative estimate of drug-likeness (QED) is 0.827. The number of anilines is 1. The number of nitrogens with one attached hydrogen (secondary N) is 1. The number of rotatable bonds is 6. The maximum atomic E-state index is 13.0. The molecule has 1 heterocycles. The van der Waals surface area contributed by atoms with E-state index >= 15 is 0 Å². The van der Waals surface area contributed by atoms with Gasteiger partial charge < -0.3 is 9.64 Å². The summed E-state index contributed by atoms with van der Waals surface area (Å²) in [5.74, 6) is -1.33. The molecule has 0 atom stereocenters. The Labute approximate surface area is 151 Å². The van der Waals surface area contributed by atoms with E-state index in [0.717, 1.165) is 23.5 Å². The standard InChI is InChI=1S/C16H16F3N3O3S/c1-22(7-8-25-2)14(24)12-9-26-15(20-12)21-13(23)10-5-3-4-6-11(10)16(17,18)19/h3-6,9H,7-8H2,1-2H3,(H,20,21,23). The lowest BCUT2D eigenvalue weighted by Gasteiger charge is -2.14. The van der Waals surface area contributed by atoms with Gasteiger partial charge in [-0.1, -0.05) is 12.1 Å². The molecule has 0 aliphatic rings. The number of thiazole rings is 1. The highest BCUT2D eigenvalue weighted by atomic mass is 32.1. The lowest BCUT2D eigenvalue weighted by molar-refractivity contribution is -0.137. The molecule has 0 saturated carbocycles. The van der Waals surface area contributed by atoms with Crippen molar-refractivity contribution in [1.29, 1.82) is 0 Å².